The van der Waals surface area contributed by atoms with E-state index in [1.54, 1.807) is 0 Å². The summed E-state index contributed by atoms with van der Waals surface area (Å²) in [5.74, 6) is -0.249. The average molecular weight is 239 g/mol. The number of nitrogens with one attached hydrogen (secondary N) is 1. The van der Waals surface area contributed by atoms with Crippen molar-refractivity contribution in [3.8, 4) is 0 Å². The van der Waals surface area contributed by atoms with Crippen molar-refractivity contribution in [2.24, 2.45) is 5.41 Å². The average Bonchev–Trinajstić information content (AvgIpc) is 2.29. The highest BCUT2D eigenvalue weighted by Gasteiger charge is 2.32. The number of amides is 1. The third kappa shape index (κ3) is 3.88. The van der Waals surface area contributed by atoms with Crippen molar-refractivity contribution in [3.63, 3.8) is 0 Å². The Kier molecular flexibility index (Phi) is 4.73. The van der Waals surface area contributed by atoms with Gasteiger partial charge in [0.15, 0.2) is 0 Å². The predicted octanol–water partition coefficient (Wildman–Crippen LogP) is 2.15. The summed E-state index contributed by atoms with van der Waals surface area (Å²) in [5, 5.41) is 2.88. The van der Waals surface area contributed by atoms with Crippen LogP contribution in [0, 0.1) is 5.41 Å². The van der Waals surface area contributed by atoms with E-state index in [9.17, 15) is 9.59 Å². The largest absolute Gasteiger partial charge is 0.469 e. The van der Waals surface area contributed by atoms with Gasteiger partial charge in [-0.05, 0) is 25.7 Å². The van der Waals surface area contributed by atoms with E-state index in [0.717, 1.165) is 25.0 Å². The first-order valence-electron chi connectivity index (χ1n) is 6.03. The van der Waals surface area contributed by atoms with Gasteiger partial charge in [-0.25, -0.2) is 0 Å². The number of allylic oxidation sites excluding steroid dienone is 2. The molecule has 4 nitrogen and oxygen atoms in total. The molecule has 1 rings (SSSR count). The van der Waals surface area contributed by atoms with Crippen LogP contribution >= 0.6 is 0 Å². The van der Waals surface area contributed by atoms with E-state index in [4.69, 9.17) is 0 Å². The van der Waals surface area contributed by atoms with Gasteiger partial charge in [0.25, 0.3) is 0 Å². The maximum absolute atomic E-state index is 11.2. The lowest BCUT2D eigenvalue weighted by atomic mass is 9.74. The second-order valence-corrected chi connectivity index (χ2v) is 4.83. The standard InChI is InChI=1S/C13H21NO3/c1-10(15)14-11-6-4-5-8-13(11,2)9-7-12(16)17-3/h6H,4-5,7-9H2,1-3H3,(H,14,15). The van der Waals surface area contributed by atoms with Crippen LogP contribution < -0.4 is 5.32 Å². The van der Waals surface area contributed by atoms with Crippen molar-refractivity contribution >= 4 is 11.9 Å². The van der Waals surface area contributed by atoms with Crippen LogP contribution in [0.25, 0.3) is 0 Å². The fourth-order valence-corrected chi connectivity index (χ4v) is 2.25. The molecule has 0 saturated heterocycles. The van der Waals surface area contributed by atoms with Crippen molar-refractivity contribution in [1.82, 2.24) is 5.32 Å². The highest BCUT2D eigenvalue weighted by atomic mass is 16.5. The van der Waals surface area contributed by atoms with Crippen LogP contribution in [0.1, 0.15) is 46.0 Å². The van der Waals surface area contributed by atoms with Gasteiger partial charge in [0, 0.05) is 24.5 Å². The monoisotopic (exact) mass is 239 g/mol. The molecule has 0 aliphatic heterocycles. The SMILES string of the molecule is COC(=O)CCC1(C)CCCC=C1NC(C)=O. The maximum Gasteiger partial charge on any atom is 0.305 e. The summed E-state index contributed by atoms with van der Waals surface area (Å²) in [4.78, 5) is 22.3. The molecule has 4 heteroatoms. The maximum atomic E-state index is 11.2. The minimum atomic E-state index is -0.195. The molecule has 1 N–H and O–H groups in total. The lowest BCUT2D eigenvalue weighted by Crippen LogP contribution is -2.34. The van der Waals surface area contributed by atoms with E-state index < -0.39 is 0 Å². The predicted molar refractivity (Wildman–Crippen MR) is 65.1 cm³/mol. The Morgan fingerprint density at radius 3 is 2.82 bits per heavy atom. The minimum absolute atomic E-state index is 0.0533. The quantitative estimate of drug-likeness (QED) is 0.765. The van der Waals surface area contributed by atoms with Gasteiger partial charge in [-0.3, -0.25) is 9.59 Å². The van der Waals surface area contributed by atoms with Gasteiger partial charge in [-0.2, -0.15) is 0 Å². The third-order valence-electron chi connectivity index (χ3n) is 3.35. The number of esters is 1. The van der Waals surface area contributed by atoms with Crippen molar-refractivity contribution in [2.75, 3.05) is 7.11 Å². The lowest BCUT2D eigenvalue weighted by Gasteiger charge is -2.35. The zero-order chi connectivity index (χ0) is 12.9. The zero-order valence-corrected chi connectivity index (χ0v) is 10.8. The van der Waals surface area contributed by atoms with Gasteiger partial charge in [0.05, 0.1) is 7.11 Å². The van der Waals surface area contributed by atoms with Crippen molar-refractivity contribution < 1.29 is 14.3 Å². The molecule has 0 radical (unpaired) electrons. The number of ether oxygens (including phenoxy) is 1. The lowest BCUT2D eigenvalue weighted by molar-refractivity contribution is -0.141. The molecule has 0 aromatic carbocycles. The smallest absolute Gasteiger partial charge is 0.305 e. The molecule has 1 unspecified atom stereocenters. The van der Waals surface area contributed by atoms with Crippen LogP contribution in [-0.2, 0) is 14.3 Å². The van der Waals surface area contributed by atoms with Crippen LogP contribution in [0.3, 0.4) is 0 Å². The van der Waals surface area contributed by atoms with Gasteiger partial charge in [0.1, 0.15) is 0 Å². The van der Waals surface area contributed by atoms with Crippen molar-refractivity contribution in [1.29, 1.82) is 0 Å². The highest BCUT2D eigenvalue weighted by Crippen LogP contribution is 2.39. The zero-order valence-electron chi connectivity index (χ0n) is 10.8. The normalized spacial score (nSPS) is 23.8. The van der Waals surface area contributed by atoms with Crippen molar-refractivity contribution in [3.05, 3.63) is 11.8 Å². The summed E-state index contributed by atoms with van der Waals surface area (Å²) >= 11 is 0. The summed E-state index contributed by atoms with van der Waals surface area (Å²) < 4.78 is 4.66. The first kappa shape index (κ1) is 13.7. The molecule has 0 fully saturated rings. The fourth-order valence-electron chi connectivity index (χ4n) is 2.25. The van der Waals surface area contributed by atoms with Crippen LogP contribution in [0.2, 0.25) is 0 Å². The molecule has 0 saturated carbocycles. The fraction of sp³-hybridized carbons (Fsp3) is 0.692. The van der Waals surface area contributed by atoms with Crippen LogP contribution in [0.5, 0.6) is 0 Å². The molecule has 0 aromatic rings. The molecule has 1 aliphatic carbocycles. The van der Waals surface area contributed by atoms with Gasteiger partial charge in [-0.15, -0.1) is 0 Å². The molecule has 0 aromatic heterocycles. The first-order valence-corrected chi connectivity index (χ1v) is 6.03. The Hall–Kier alpha value is -1.32. The number of rotatable bonds is 4. The van der Waals surface area contributed by atoms with E-state index in [-0.39, 0.29) is 17.3 Å². The Morgan fingerprint density at radius 2 is 2.24 bits per heavy atom. The number of carbonyl (C=O) groups excluding carboxylic acids is 2. The van der Waals surface area contributed by atoms with Gasteiger partial charge in [0.2, 0.25) is 5.91 Å². The molecule has 0 spiro atoms. The number of methoxy groups -OCH3 is 1. The number of hydrogen-bond acceptors (Lipinski definition) is 3. The van der Waals surface area contributed by atoms with E-state index in [0.29, 0.717) is 12.8 Å². The van der Waals surface area contributed by atoms with E-state index in [1.165, 1.54) is 14.0 Å². The molecule has 0 heterocycles. The van der Waals surface area contributed by atoms with E-state index in [2.05, 4.69) is 23.1 Å². The van der Waals surface area contributed by atoms with Gasteiger partial charge < -0.3 is 10.1 Å². The molecule has 96 valence electrons. The van der Waals surface area contributed by atoms with Crippen LogP contribution in [0.15, 0.2) is 11.8 Å². The molecule has 1 atom stereocenters. The summed E-state index contributed by atoms with van der Waals surface area (Å²) in [5.41, 5.74) is 0.845. The Bertz CT molecular complexity index is 336. The van der Waals surface area contributed by atoms with Crippen LogP contribution in [-0.4, -0.2) is 19.0 Å². The topological polar surface area (TPSA) is 55.4 Å². The first-order chi connectivity index (χ1) is 7.98. The summed E-state index contributed by atoms with van der Waals surface area (Å²) in [6, 6.07) is 0. The summed E-state index contributed by atoms with van der Waals surface area (Å²) in [6.45, 7) is 3.60. The molecular weight excluding hydrogens is 218 g/mol. The summed E-state index contributed by atoms with van der Waals surface area (Å²) in [7, 11) is 1.40. The minimum Gasteiger partial charge on any atom is -0.469 e. The van der Waals surface area contributed by atoms with E-state index >= 15 is 0 Å². The molecule has 17 heavy (non-hydrogen) atoms. The van der Waals surface area contributed by atoms with Crippen molar-refractivity contribution in [2.45, 2.75) is 46.0 Å². The molecule has 1 aliphatic rings. The van der Waals surface area contributed by atoms with Gasteiger partial charge >= 0.3 is 5.97 Å². The number of carbonyl (C=O) groups is 2. The number of hydrogen-bond donors (Lipinski definition) is 1. The summed E-state index contributed by atoms with van der Waals surface area (Å²) in [6.07, 6.45) is 6.26. The Balaban J connectivity index is 2.69. The molecular formula is C13H21NO3. The van der Waals surface area contributed by atoms with Crippen LogP contribution in [0.4, 0.5) is 0 Å². The highest BCUT2D eigenvalue weighted by molar-refractivity contribution is 5.75. The molecule has 1 amide bonds. The second kappa shape index (κ2) is 5.84. The van der Waals surface area contributed by atoms with Gasteiger partial charge in [-0.1, -0.05) is 13.0 Å². The third-order valence-corrected chi connectivity index (χ3v) is 3.35. The molecule has 0 bridgehead atoms. The second-order valence-electron chi connectivity index (χ2n) is 4.83. The Morgan fingerprint density at radius 1 is 1.53 bits per heavy atom. The Labute approximate surface area is 102 Å². The van der Waals surface area contributed by atoms with E-state index in [1.807, 2.05) is 0 Å².